The fourth-order valence-corrected chi connectivity index (χ4v) is 2.24. The van der Waals surface area contributed by atoms with E-state index in [1.807, 2.05) is 33.9 Å². The van der Waals surface area contributed by atoms with E-state index >= 15 is 0 Å². The minimum absolute atomic E-state index is 0.0704. The van der Waals surface area contributed by atoms with E-state index < -0.39 is 5.60 Å². The molecule has 1 N–H and O–H groups in total. The van der Waals surface area contributed by atoms with Crippen molar-refractivity contribution >= 4 is 6.09 Å². The number of aromatic nitrogens is 2. The van der Waals surface area contributed by atoms with Gasteiger partial charge in [0.1, 0.15) is 11.4 Å². The minimum atomic E-state index is -0.450. The number of rotatable bonds is 1. The van der Waals surface area contributed by atoms with Crippen LogP contribution in [0.5, 0.6) is 0 Å². The summed E-state index contributed by atoms with van der Waals surface area (Å²) in [5, 5.41) is 0. The molecule has 5 heteroatoms. The smallest absolute Gasteiger partial charge is 0.410 e. The fourth-order valence-electron chi connectivity index (χ4n) is 2.24. The number of likely N-dealkylation sites (tertiary alicyclic amines) is 1. The van der Waals surface area contributed by atoms with E-state index in [-0.39, 0.29) is 12.1 Å². The summed E-state index contributed by atoms with van der Waals surface area (Å²) in [7, 11) is 0. The maximum Gasteiger partial charge on any atom is 0.410 e. The third-order valence-electron chi connectivity index (χ3n) is 2.96. The van der Waals surface area contributed by atoms with Gasteiger partial charge < -0.3 is 9.72 Å². The SMILES string of the molecule is Cc1ncc([C@@H]2CCCN2C(=O)OC(C)(C)C)[nH]1. The number of ether oxygens (including phenoxy) is 1. The molecule has 1 fully saturated rings. The van der Waals surface area contributed by atoms with Gasteiger partial charge in [-0.2, -0.15) is 0 Å². The van der Waals surface area contributed by atoms with Crippen molar-refractivity contribution in [3.63, 3.8) is 0 Å². The second kappa shape index (κ2) is 4.63. The van der Waals surface area contributed by atoms with Crippen molar-refractivity contribution in [3.05, 3.63) is 17.7 Å². The molecule has 0 bridgehead atoms. The molecule has 18 heavy (non-hydrogen) atoms. The molecule has 0 radical (unpaired) electrons. The van der Waals surface area contributed by atoms with Gasteiger partial charge >= 0.3 is 6.09 Å². The first-order valence-electron chi connectivity index (χ1n) is 6.38. The van der Waals surface area contributed by atoms with E-state index in [4.69, 9.17) is 4.74 Å². The number of hydrogen-bond donors (Lipinski definition) is 1. The Balaban J connectivity index is 2.10. The van der Waals surface area contributed by atoms with Crippen molar-refractivity contribution in [1.82, 2.24) is 14.9 Å². The third kappa shape index (κ3) is 2.83. The molecule has 1 amide bonds. The molecule has 1 aromatic rings. The van der Waals surface area contributed by atoms with E-state index in [0.717, 1.165) is 30.9 Å². The van der Waals surface area contributed by atoms with E-state index in [1.165, 1.54) is 0 Å². The Kier molecular flexibility index (Phi) is 3.32. The Morgan fingerprint density at radius 2 is 2.28 bits per heavy atom. The zero-order chi connectivity index (χ0) is 13.3. The summed E-state index contributed by atoms with van der Waals surface area (Å²) < 4.78 is 5.43. The first kappa shape index (κ1) is 12.9. The summed E-state index contributed by atoms with van der Waals surface area (Å²) in [6, 6.07) is 0.0704. The van der Waals surface area contributed by atoms with Crippen molar-refractivity contribution in [1.29, 1.82) is 0 Å². The second-order valence-electron chi connectivity index (χ2n) is 5.76. The highest BCUT2D eigenvalue weighted by molar-refractivity contribution is 5.69. The van der Waals surface area contributed by atoms with Gasteiger partial charge in [0.05, 0.1) is 17.9 Å². The quantitative estimate of drug-likeness (QED) is 0.835. The van der Waals surface area contributed by atoms with Crippen LogP contribution in [0.3, 0.4) is 0 Å². The highest BCUT2D eigenvalue weighted by atomic mass is 16.6. The summed E-state index contributed by atoms with van der Waals surface area (Å²) in [5.41, 5.74) is 0.546. The van der Waals surface area contributed by atoms with Crippen molar-refractivity contribution < 1.29 is 9.53 Å². The highest BCUT2D eigenvalue weighted by Crippen LogP contribution is 2.32. The van der Waals surface area contributed by atoms with Gasteiger partial charge in [-0.25, -0.2) is 9.78 Å². The second-order valence-corrected chi connectivity index (χ2v) is 5.76. The molecule has 1 saturated heterocycles. The van der Waals surface area contributed by atoms with Crippen LogP contribution in [0.4, 0.5) is 4.79 Å². The number of aromatic amines is 1. The molecular formula is C13H21N3O2. The lowest BCUT2D eigenvalue weighted by atomic mass is 10.1. The normalized spacial score (nSPS) is 20.2. The Hall–Kier alpha value is -1.52. The number of nitrogens with one attached hydrogen (secondary N) is 1. The maximum absolute atomic E-state index is 12.1. The van der Waals surface area contributed by atoms with Crippen LogP contribution in [0.25, 0.3) is 0 Å². The molecule has 0 aliphatic carbocycles. The standard InChI is InChI=1S/C13H21N3O2/c1-9-14-8-10(15-9)11-6-5-7-16(11)12(17)18-13(2,3)4/h8,11H,5-7H2,1-4H3,(H,14,15)/t11-/m0/s1. The molecule has 5 nitrogen and oxygen atoms in total. The van der Waals surface area contributed by atoms with Crippen LogP contribution < -0.4 is 0 Å². The van der Waals surface area contributed by atoms with Crippen LogP contribution in [0.15, 0.2) is 6.20 Å². The van der Waals surface area contributed by atoms with Crippen molar-refractivity contribution in [2.24, 2.45) is 0 Å². The zero-order valence-corrected chi connectivity index (χ0v) is 11.5. The van der Waals surface area contributed by atoms with Gasteiger partial charge in [-0.1, -0.05) is 0 Å². The van der Waals surface area contributed by atoms with E-state index in [0.29, 0.717) is 0 Å². The molecule has 2 heterocycles. The molecule has 1 aromatic heterocycles. The van der Waals surface area contributed by atoms with Crippen LogP contribution in [-0.2, 0) is 4.74 Å². The molecule has 2 rings (SSSR count). The number of hydrogen-bond acceptors (Lipinski definition) is 3. The van der Waals surface area contributed by atoms with Crippen molar-refractivity contribution in [3.8, 4) is 0 Å². The molecular weight excluding hydrogens is 230 g/mol. The van der Waals surface area contributed by atoms with E-state index in [1.54, 1.807) is 4.90 Å². The summed E-state index contributed by atoms with van der Waals surface area (Å²) in [4.78, 5) is 21.3. The number of carbonyl (C=O) groups is 1. The monoisotopic (exact) mass is 251 g/mol. The summed E-state index contributed by atoms with van der Waals surface area (Å²) in [6.45, 7) is 8.32. The third-order valence-corrected chi connectivity index (χ3v) is 2.96. The average Bonchev–Trinajstić information content (AvgIpc) is 2.81. The van der Waals surface area contributed by atoms with Gasteiger partial charge in [0.15, 0.2) is 0 Å². The molecule has 1 aliphatic heterocycles. The van der Waals surface area contributed by atoms with Crippen LogP contribution in [0.2, 0.25) is 0 Å². The van der Waals surface area contributed by atoms with Gasteiger partial charge in [-0.3, -0.25) is 4.90 Å². The Labute approximate surface area is 108 Å². The largest absolute Gasteiger partial charge is 0.444 e. The summed E-state index contributed by atoms with van der Waals surface area (Å²) in [5.74, 6) is 0.876. The molecule has 1 atom stereocenters. The maximum atomic E-state index is 12.1. The lowest BCUT2D eigenvalue weighted by Gasteiger charge is -2.28. The summed E-state index contributed by atoms with van der Waals surface area (Å²) >= 11 is 0. The van der Waals surface area contributed by atoms with E-state index in [9.17, 15) is 4.79 Å². The number of aryl methyl sites for hydroxylation is 1. The minimum Gasteiger partial charge on any atom is -0.444 e. The number of amides is 1. The molecule has 0 aromatic carbocycles. The summed E-state index contributed by atoms with van der Waals surface area (Å²) in [6.07, 6.45) is 3.53. The van der Waals surface area contributed by atoms with Crippen molar-refractivity contribution in [2.75, 3.05) is 6.54 Å². The zero-order valence-electron chi connectivity index (χ0n) is 11.5. The van der Waals surface area contributed by atoms with Gasteiger partial charge in [0, 0.05) is 6.54 Å². The highest BCUT2D eigenvalue weighted by Gasteiger charge is 2.33. The average molecular weight is 251 g/mol. The first-order valence-corrected chi connectivity index (χ1v) is 6.38. The number of nitrogens with zero attached hydrogens (tertiary/aromatic N) is 2. The number of imidazole rings is 1. The van der Waals surface area contributed by atoms with Gasteiger partial charge in [0.25, 0.3) is 0 Å². The molecule has 100 valence electrons. The lowest BCUT2D eigenvalue weighted by Crippen LogP contribution is -2.36. The van der Waals surface area contributed by atoms with E-state index in [2.05, 4.69) is 9.97 Å². The predicted molar refractivity (Wildman–Crippen MR) is 68.2 cm³/mol. The molecule has 1 aliphatic rings. The lowest BCUT2D eigenvalue weighted by molar-refractivity contribution is 0.0221. The van der Waals surface area contributed by atoms with Gasteiger partial charge in [-0.15, -0.1) is 0 Å². The van der Waals surface area contributed by atoms with Crippen molar-refractivity contribution in [2.45, 2.75) is 52.2 Å². The van der Waals surface area contributed by atoms with Crippen LogP contribution in [0.1, 0.15) is 51.2 Å². The predicted octanol–water partition coefficient (Wildman–Crippen LogP) is 2.79. The Morgan fingerprint density at radius 3 is 2.83 bits per heavy atom. The van der Waals surface area contributed by atoms with Gasteiger partial charge in [-0.05, 0) is 40.5 Å². The first-order chi connectivity index (χ1) is 8.37. The number of H-pyrrole nitrogens is 1. The Morgan fingerprint density at radius 1 is 1.56 bits per heavy atom. The van der Waals surface area contributed by atoms with Crippen LogP contribution >= 0.6 is 0 Å². The van der Waals surface area contributed by atoms with Gasteiger partial charge in [0.2, 0.25) is 0 Å². The van der Waals surface area contributed by atoms with Crippen LogP contribution in [0, 0.1) is 6.92 Å². The molecule has 0 saturated carbocycles. The fraction of sp³-hybridized carbons (Fsp3) is 0.692. The van der Waals surface area contributed by atoms with Crippen LogP contribution in [-0.4, -0.2) is 33.1 Å². The number of carbonyl (C=O) groups excluding carboxylic acids is 1. The molecule has 0 spiro atoms. The molecule has 0 unspecified atom stereocenters. The topological polar surface area (TPSA) is 58.2 Å². The Bertz CT molecular complexity index is 434.